The summed E-state index contributed by atoms with van der Waals surface area (Å²) in [5.74, 6) is 1.39. The molecule has 0 fully saturated rings. The zero-order valence-corrected chi connectivity index (χ0v) is 15.2. The Kier molecular flexibility index (Phi) is 5.03. The summed E-state index contributed by atoms with van der Waals surface area (Å²) < 4.78 is 17.6. The molecule has 8 heteroatoms. The van der Waals surface area contributed by atoms with E-state index in [2.05, 4.69) is 15.6 Å². The highest BCUT2D eigenvalue weighted by molar-refractivity contribution is 5.91. The maximum Gasteiger partial charge on any atom is 0.251 e. The number of hydrogen-bond donors (Lipinski definition) is 1. The van der Waals surface area contributed by atoms with Gasteiger partial charge in [0.15, 0.2) is 5.76 Å². The van der Waals surface area contributed by atoms with Gasteiger partial charge in [0, 0.05) is 12.1 Å². The maximum absolute atomic E-state index is 12.3. The molecule has 0 unspecified atom stereocenters. The van der Waals surface area contributed by atoms with Crippen molar-refractivity contribution >= 4 is 11.7 Å². The van der Waals surface area contributed by atoms with Gasteiger partial charge >= 0.3 is 0 Å². The molecule has 0 spiro atoms. The average molecular weight is 378 g/mol. The first-order valence-electron chi connectivity index (χ1n) is 8.68. The van der Waals surface area contributed by atoms with E-state index >= 15 is 0 Å². The molecule has 3 heterocycles. The summed E-state index contributed by atoms with van der Waals surface area (Å²) in [5.41, 5.74) is 2.23. The summed E-state index contributed by atoms with van der Waals surface area (Å²) in [5, 5.41) is 11.1. The zero-order valence-electron chi connectivity index (χ0n) is 15.2. The van der Waals surface area contributed by atoms with Gasteiger partial charge in [-0.25, -0.2) is 4.68 Å². The highest BCUT2D eigenvalue weighted by Crippen LogP contribution is 2.21. The van der Waals surface area contributed by atoms with E-state index in [1.165, 1.54) is 0 Å². The van der Waals surface area contributed by atoms with E-state index in [1.807, 2.05) is 37.3 Å². The van der Waals surface area contributed by atoms with Crippen molar-refractivity contribution in [1.82, 2.24) is 14.9 Å². The zero-order chi connectivity index (χ0) is 19.3. The second-order valence-corrected chi connectivity index (χ2v) is 6.12. The number of furan rings is 1. The molecule has 0 aliphatic carbocycles. The van der Waals surface area contributed by atoms with Crippen molar-refractivity contribution in [3.63, 3.8) is 0 Å². The minimum Gasteiger partial charge on any atom is -0.461 e. The largest absolute Gasteiger partial charge is 0.461 e. The lowest BCUT2D eigenvalue weighted by Crippen LogP contribution is -2.20. The number of hydrogen-bond acceptors (Lipinski definition) is 6. The first-order valence-corrected chi connectivity index (χ1v) is 8.68. The van der Waals surface area contributed by atoms with Gasteiger partial charge in [-0.05, 0) is 31.2 Å². The molecule has 1 N–H and O–H groups in total. The van der Waals surface area contributed by atoms with E-state index in [1.54, 1.807) is 35.2 Å². The fraction of sp³-hybridized carbons (Fsp3) is 0.150. The van der Waals surface area contributed by atoms with Gasteiger partial charge in [-0.1, -0.05) is 23.4 Å². The molecule has 3 aromatic heterocycles. The van der Waals surface area contributed by atoms with Gasteiger partial charge in [0.1, 0.15) is 18.1 Å². The molecule has 4 aromatic rings. The number of benzene rings is 1. The molecular weight excluding hydrogens is 360 g/mol. The fourth-order valence-corrected chi connectivity index (χ4v) is 2.70. The molecule has 8 nitrogen and oxygen atoms in total. The molecule has 0 aliphatic heterocycles. The topological polar surface area (TPSA) is 95.3 Å². The van der Waals surface area contributed by atoms with Crippen LogP contribution in [-0.2, 0) is 16.1 Å². The summed E-state index contributed by atoms with van der Waals surface area (Å²) in [4.78, 5) is 12.3. The summed E-state index contributed by atoms with van der Waals surface area (Å²) in [7, 11) is 0. The number of aromatic nitrogens is 3. The molecule has 4 rings (SSSR count). The van der Waals surface area contributed by atoms with E-state index < -0.39 is 0 Å². The van der Waals surface area contributed by atoms with Gasteiger partial charge < -0.3 is 19.0 Å². The first kappa shape index (κ1) is 17.7. The van der Waals surface area contributed by atoms with E-state index in [0.29, 0.717) is 23.0 Å². The van der Waals surface area contributed by atoms with Crippen molar-refractivity contribution in [3.05, 3.63) is 72.2 Å². The maximum atomic E-state index is 12.3. The third-order valence-electron chi connectivity index (χ3n) is 3.91. The Balaban J connectivity index is 1.33. The predicted octanol–water partition coefficient (Wildman–Crippen LogP) is 3.58. The van der Waals surface area contributed by atoms with Crippen LogP contribution in [0.5, 0.6) is 0 Å². The van der Waals surface area contributed by atoms with Crippen LogP contribution in [-0.4, -0.2) is 27.5 Å². The predicted molar refractivity (Wildman–Crippen MR) is 101 cm³/mol. The number of carbonyl (C=O) groups is 1. The quantitative estimate of drug-likeness (QED) is 0.528. The Morgan fingerprint density at radius 1 is 1.14 bits per heavy atom. The lowest BCUT2D eigenvalue weighted by Gasteiger charge is -2.08. The van der Waals surface area contributed by atoms with Crippen molar-refractivity contribution in [3.8, 4) is 17.2 Å². The van der Waals surface area contributed by atoms with E-state index in [4.69, 9.17) is 13.7 Å². The van der Waals surface area contributed by atoms with Crippen molar-refractivity contribution in [2.75, 3.05) is 11.9 Å². The number of nitrogens with one attached hydrogen (secondary N) is 1. The van der Waals surface area contributed by atoms with E-state index in [9.17, 15) is 4.79 Å². The molecule has 142 valence electrons. The molecule has 0 saturated carbocycles. The second-order valence-electron chi connectivity index (χ2n) is 6.12. The second kappa shape index (κ2) is 7.93. The smallest absolute Gasteiger partial charge is 0.251 e. The first-order chi connectivity index (χ1) is 13.7. The third kappa shape index (κ3) is 4.02. The van der Waals surface area contributed by atoms with Gasteiger partial charge in [0.25, 0.3) is 5.91 Å². The highest BCUT2D eigenvalue weighted by Gasteiger charge is 2.12. The van der Waals surface area contributed by atoms with Crippen LogP contribution in [0.15, 0.2) is 69.8 Å². The van der Waals surface area contributed by atoms with Crippen LogP contribution in [0, 0.1) is 6.92 Å². The van der Waals surface area contributed by atoms with Gasteiger partial charge in [-0.15, -0.1) is 0 Å². The van der Waals surface area contributed by atoms with Crippen LogP contribution in [0.3, 0.4) is 0 Å². The number of amides is 1. The number of nitrogens with zero attached hydrogens (tertiary/aromatic N) is 3. The Bertz CT molecular complexity index is 1050. The van der Waals surface area contributed by atoms with Gasteiger partial charge in [-0.3, -0.25) is 4.79 Å². The van der Waals surface area contributed by atoms with Crippen LogP contribution >= 0.6 is 0 Å². The molecule has 28 heavy (non-hydrogen) atoms. The molecule has 0 radical (unpaired) electrons. The minimum absolute atomic E-state index is 0.123. The lowest BCUT2D eigenvalue weighted by molar-refractivity contribution is -0.121. The van der Waals surface area contributed by atoms with Crippen molar-refractivity contribution in [2.45, 2.75) is 13.5 Å². The average Bonchev–Trinajstić information content (AvgIpc) is 3.43. The van der Waals surface area contributed by atoms with Gasteiger partial charge in [0.2, 0.25) is 5.76 Å². The standard InChI is InChI=1S/C20H18N4O4/c1-14-10-19(24(22-14)16-6-3-2-4-7-16)21-20(25)13-26-12-15-11-18(28-23-15)17-8-5-9-27-17/h2-11H,12-13H2,1H3,(H,21,25). The molecular formula is C20H18N4O4. The third-order valence-corrected chi connectivity index (χ3v) is 3.91. The van der Waals surface area contributed by atoms with Crippen molar-refractivity contribution in [1.29, 1.82) is 0 Å². The van der Waals surface area contributed by atoms with E-state index in [-0.39, 0.29) is 19.1 Å². The number of anilines is 1. The van der Waals surface area contributed by atoms with E-state index in [0.717, 1.165) is 11.4 Å². The molecule has 1 aromatic carbocycles. The number of ether oxygens (including phenoxy) is 1. The van der Waals surface area contributed by atoms with Crippen LogP contribution in [0.2, 0.25) is 0 Å². The Morgan fingerprint density at radius 3 is 2.79 bits per heavy atom. The number of carbonyl (C=O) groups excluding carboxylic acids is 1. The fourth-order valence-electron chi connectivity index (χ4n) is 2.70. The Morgan fingerprint density at radius 2 is 2.00 bits per heavy atom. The van der Waals surface area contributed by atoms with Crippen LogP contribution in [0.4, 0.5) is 5.82 Å². The van der Waals surface area contributed by atoms with Crippen molar-refractivity contribution < 1.29 is 18.5 Å². The molecule has 0 atom stereocenters. The normalized spacial score (nSPS) is 10.9. The highest BCUT2D eigenvalue weighted by atomic mass is 16.5. The summed E-state index contributed by atoms with van der Waals surface area (Å²) in [6, 6.07) is 16.6. The Labute approximate surface area is 160 Å². The van der Waals surface area contributed by atoms with Gasteiger partial charge in [0.05, 0.1) is 24.3 Å². The molecule has 0 saturated heterocycles. The summed E-state index contributed by atoms with van der Waals surface area (Å²) in [6.45, 7) is 1.89. The molecule has 1 amide bonds. The molecule has 0 aliphatic rings. The summed E-state index contributed by atoms with van der Waals surface area (Å²) >= 11 is 0. The monoisotopic (exact) mass is 378 g/mol. The lowest BCUT2D eigenvalue weighted by atomic mass is 10.3. The SMILES string of the molecule is Cc1cc(NC(=O)COCc2cc(-c3ccco3)on2)n(-c2ccccc2)n1. The molecule has 0 bridgehead atoms. The van der Waals surface area contributed by atoms with Crippen LogP contribution in [0.1, 0.15) is 11.4 Å². The van der Waals surface area contributed by atoms with Gasteiger partial charge in [-0.2, -0.15) is 5.10 Å². The Hall–Kier alpha value is -3.65. The van der Waals surface area contributed by atoms with Crippen molar-refractivity contribution in [2.24, 2.45) is 0 Å². The van der Waals surface area contributed by atoms with Crippen LogP contribution in [0.25, 0.3) is 17.2 Å². The van der Waals surface area contributed by atoms with Crippen LogP contribution < -0.4 is 5.32 Å². The number of rotatable bonds is 7. The number of para-hydroxylation sites is 1. The summed E-state index contributed by atoms with van der Waals surface area (Å²) in [6.07, 6.45) is 1.56. The minimum atomic E-state index is -0.285. The number of aryl methyl sites for hydroxylation is 1.